The second-order valence-corrected chi connectivity index (χ2v) is 3.68. The number of anilines is 2. The minimum Gasteiger partial charge on any atom is -0.399 e. The highest BCUT2D eigenvalue weighted by Gasteiger charge is 2.04. The average molecular weight is 222 g/mol. The number of benzene rings is 1. The number of carbonyl (C=O) groups is 1. The van der Waals surface area contributed by atoms with Gasteiger partial charge in [-0.25, -0.2) is 0 Å². The van der Waals surface area contributed by atoms with Gasteiger partial charge < -0.3 is 15.8 Å². The van der Waals surface area contributed by atoms with Gasteiger partial charge in [-0.05, 0) is 37.1 Å². The summed E-state index contributed by atoms with van der Waals surface area (Å²) < 4.78 is 5.14. The first-order valence-electron chi connectivity index (χ1n) is 5.37. The third-order valence-electron chi connectivity index (χ3n) is 2.11. The smallest absolute Gasteiger partial charge is 0.250 e. The van der Waals surface area contributed by atoms with Gasteiger partial charge in [0.05, 0.1) is 0 Å². The highest BCUT2D eigenvalue weighted by atomic mass is 16.5. The maximum absolute atomic E-state index is 11.5. The van der Waals surface area contributed by atoms with Crippen molar-refractivity contribution >= 4 is 17.3 Å². The standard InChI is InChI=1S/C12H18N2O2/c1-3-6-16-8-12(15)14-11-5-4-10(13)7-9(11)2/h4-5,7H,3,6,8,13H2,1-2H3,(H,14,15). The van der Waals surface area contributed by atoms with Crippen LogP contribution in [0.4, 0.5) is 11.4 Å². The van der Waals surface area contributed by atoms with E-state index in [0.717, 1.165) is 17.7 Å². The Hall–Kier alpha value is -1.55. The van der Waals surface area contributed by atoms with Crippen molar-refractivity contribution in [1.29, 1.82) is 0 Å². The van der Waals surface area contributed by atoms with Crippen molar-refractivity contribution in [2.45, 2.75) is 20.3 Å². The Morgan fingerprint density at radius 2 is 2.25 bits per heavy atom. The molecule has 1 aromatic carbocycles. The molecule has 3 N–H and O–H groups in total. The van der Waals surface area contributed by atoms with Crippen LogP contribution in [0.3, 0.4) is 0 Å². The Morgan fingerprint density at radius 1 is 1.50 bits per heavy atom. The van der Waals surface area contributed by atoms with Crippen molar-refractivity contribution < 1.29 is 9.53 Å². The lowest BCUT2D eigenvalue weighted by atomic mass is 10.2. The highest BCUT2D eigenvalue weighted by molar-refractivity contribution is 5.92. The summed E-state index contributed by atoms with van der Waals surface area (Å²) in [7, 11) is 0. The number of rotatable bonds is 5. The van der Waals surface area contributed by atoms with Gasteiger partial charge in [-0.2, -0.15) is 0 Å². The number of nitrogen functional groups attached to an aromatic ring is 1. The minimum absolute atomic E-state index is 0.0949. The van der Waals surface area contributed by atoms with Crippen LogP contribution in [0.15, 0.2) is 18.2 Å². The van der Waals surface area contributed by atoms with Crippen molar-refractivity contribution in [3.8, 4) is 0 Å². The molecular weight excluding hydrogens is 204 g/mol. The lowest BCUT2D eigenvalue weighted by molar-refractivity contribution is -0.120. The lowest BCUT2D eigenvalue weighted by Crippen LogP contribution is -2.19. The maximum Gasteiger partial charge on any atom is 0.250 e. The molecule has 0 aliphatic heterocycles. The van der Waals surface area contributed by atoms with E-state index in [1.807, 2.05) is 19.9 Å². The Kier molecular flexibility index (Phi) is 4.79. The summed E-state index contributed by atoms with van der Waals surface area (Å²) in [6, 6.07) is 5.38. The zero-order chi connectivity index (χ0) is 12.0. The van der Waals surface area contributed by atoms with E-state index in [1.54, 1.807) is 12.1 Å². The van der Waals surface area contributed by atoms with Crippen LogP contribution in [0, 0.1) is 6.92 Å². The van der Waals surface area contributed by atoms with Gasteiger partial charge in [-0.3, -0.25) is 4.79 Å². The molecule has 4 nitrogen and oxygen atoms in total. The largest absolute Gasteiger partial charge is 0.399 e. The molecule has 88 valence electrons. The number of amides is 1. The normalized spacial score (nSPS) is 10.1. The fourth-order valence-electron chi connectivity index (χ4n) is 1.32. The Bertz CT molecular complexity index is 364. The van der Waals surface area contributed by atoms with Crippen LogP contribution in [0.2, 0.25) is 0 Å². The molecule has 0 saturated carbocycles. The van der Waals surface area contributed by atoms with E-state index in [9.17, 15) is 4.79 Å². The maximum atomic E-state index is 11.5. The fourth-order valence-corrected chi connectivity index (χ4v) is 1.32. The summed E-state index contributed by atoms with van der Waals surface area (Å²) in [5, 5.41) is 2.78. The van der Waals surface area contributed by atoms with Crippen molar-refractivity contribution in [3.63, 3.8) is 0 Å². The quantitative estimate of drug-likeness (QED) is 0.591. The molecule has 0 bridgehead atoms. The van der Waals surface area contributed by atoms with E-state index >= 15 is 0 Å². The number of carbonyl (C=O) groups excluding carboxylic acids is 1. The SMILES string of the molecule is CCCOCC(=O)Nc1ccc(N)cc1C. The molecule has 0 saturated heterocycles. The van der Waals surface area contributed by atoms with E-state index in [0.29, 0.717) is 12.3 Å². The number of aryl methyl sites for hydroxylation is 1. The third-order valence-corrected chi connectivity index (χ3v) is 2.11. The predicted molar refractivity (Wildman–Crippen MR) is 65.3 cm³/mol. The van der Waals surface area contributed by atoms with E-state index in [1.165, 1.54) is 0 Å². The van der Waals surface area contributed by atoms with E-state index in [2.05, 4.69) is 5.32 Å². The van der Waals surface area contributed by atoms with Gasteiger partial charge in [0.1, 0.15) is 6.61 Å². The van der Waals surface area contributed by atoms with Crippen LogP contribution in [0.5, 0.6) is 0 Å². The molecule has 1 amide bonds. The second-order valence-electron chi connectivity index (χ2n) is 3.68. The van der Waals surface area contributed by atoms with Crippen LogP contribution >= 0.6 is 0 Å². The molecule has 1 aromatic rings. The molecule has 0 aliphatic rings. The minimum atomic E-state index is -0.138. The lowest BCUT2D eigenvalue weighted by Gasteiger charge is -2.09. The molecule has 4 heteroatoms. The van der Waals surface area contributed by atoms with Gasteiger partial charge in [0.25, 0.3) is 0 Å². The molecule has 0 spiro atoms. The van der Waals surface area contributed by atoms with Crippen LogP contribution in [0.1, 0.15) is 18.9 Å². The van der Waals surface area contributed by atoms with Crippen LogP contribution in [0.25, 0.3) is 0 Å². The van der Waals surface area contributed by atoms with E-state index in [-0.39, 0.29) is 12.5 Å². The molecule has 0 unspecified atom stereocenters. The fraction of sp³-hybridized carbons (Fsp3) is 0.417. The van der Waals surface area contributed by atoms with E-state index in [4.69, 9.17) is 10.5 Å². The number of ether oxygens (including phenoxy) is 1. The molecule has 0 aromatic heterocycles. The molecular formula is C12H18N2O2. The third kappa shape index (κ3) is 3.90. The number of nitrogens with one attached hydrogen (secondary N) is 1. The molecule has 0 aliphatic carbocycles. The monoisotopic (exact) mass is 222 g/mol. The molecule has 0 fully saturated rings. The summed E-state index contributed by atoms with van der Waals surface area (Å²) in [6.45, 7) is 4.60. The summed E-state index contributed by atoms with van der Waals surface area (Å²) in [6.07, 6.45) is 0.911. The van der Waals surface area contributed by atoms with Crippen LogP contribution < -0.4 is 11.1 Å². The summed E-state index contributed by atoms with van der Waals surface area (Å²) in [4.78, 5) is 11.5. The number of hydrogen-bond acceptors (Lipinski definition) is 3. The first-order chi connectivity index (χ1) is 7.63. The zero-order valence-electron chi connectivity index (χ0n) is 9.75. The summed E-state index contributed by atoms with van der Waals surface area (Å²) in [5.41, 5.74) is 8.04. The first kappa shape index (κ1) is 12.5. The highest BCUT2D eigenvalue weighted by Crippen LogP contribution is 2.17. The van der Waals surface area contributed by atoms with Gasteiger partial charge >= 0.3 is 0 Å². The summed E-state index contributed by atoms with van der Waals surface area (Å²) in [5.74, 6) is -0.138. The number of hydrogen-bond donors (Lipinski definition) is 2. The molecule has 0 radical (unpaired) electrons. The molecule has 1 rings (SSSR count). The van der Waals surface area contributed by atoms with Gasteiger partial charge in [-0.1, -0.05) is 6.92 Å². The van der Waals surface area contributed by atoms with Crippen LogP contribution in [-0.2, 0) is 9.53 Å². The Morgan fingerprint density at radius 3 is 2.88 bits per heavy atom. The Balaban J connectivity index is 2.49. The zero-order valence-corrected chi connectivity index (χ0v) is 9.75. The average Bonchev–Trinajstić information content (AvgIpc) is 2.23. The molecule has 16 heavy (non-hydrogen) atoms. The molecule has 0 atom stereocenters. The van der Waals surface area contributed by atoms with E-state index < -0.39 is 0 Å². The van der Waals surface area contributed by atoms with Crippen molar-refractivity contribution in [1.82, 2.24) is 0 Å². The first-order valence-corrected chi connectivity index (χ1v) is 5.37. The van der Waals surface area contributed by atoms with Gasteiger partial charge in [-0.15, -0.1) is 0 Å². The van der Waals surface area contributed by atoms with Gasteiger partial charge in [0.15, 0.2) is 0 Å². The Labute approximate surface area is 95.8 Å². The van der Waals surface area contributed by atoms with Crippen molar-refractivity contribution in [3.05, 3.63) is 23.8 Å². The van der Waals surface area contributed by atoms with Crippen molar-refractivity contribution in [2.24, 2.45) is 0 Å². The van der Waals surface area contributed by atoms with Crippen LogP contribution in [-0.4, -0.2) is 19.1 Å². The predicted octanol–water partition coefficient (Wildman–Crippen LogP) is 1.94. The van der Waals surface area contributed by atoms with Gasteiger partial charge in [0, 0.05) is 18.0 Å². The topological polar surface area (TPSA) is 64.3 Å². The summed E-state index contributed by atoms with van der Waals surface area (Å²) >= 11 is 0. The molecule has 0 heterocycles. The second kappa shape index (κ2) is 6.12. The number of nitrogens with two attached hydrogens (primary N) is 1. The van der Waals surface area contributed by atoms with Gasteiger partial charge in [0.2, 0.25) is 5.91 Å². The van der Waals surface area contributed by atoms with Crippen molar-refractivity contribution in [2.75, 3.05) is 24.3 Å².